The summed E-state index contributed by atoms with van der Waals surface area (Å²) in [6.07, 6.45) is 4.31. The van der Waals surface area contributed by atoms with E-state index in [1.165, 1.54) is 26.2 Å². The van der Waals surface area contributed by atoms with E-state index in [1.807, 2.05) is 6.92 Å². The molecule has 0 spiro atoms. The van der Waals surface area contributed by atoms with E-state index in [-0.39, 0.29) is 5.88 Å². The molecule has 17 heavy (non-hydrogen) atoms. The minimum absolute atomic E-state index is 0.170. The average molecular weight is 235 g/mol. The van der Waals surface area contributed by atoms with Gasteiger partial charge in [0.2, 0.25) is 5.88 Å². The number of hydrogen-bond acceptors (Lipinski definition) is 5. The summed E-state index contributed by atoms with van der Waals surface area (Å²) in [5.41, 5.74) is 1.44. The Labute approximate surface area is 99.1 Å². The Morgan fingerprint density at radius 3 is 2.71 bits per heavy atom. The Bertz CT molecular complexity index is 466. The van der Waals surface area contributed by atoms with Crippen LogP contribution in [0.2, 0.25) is 0 Å². The average Bonchev–Trinajstić information content (AvgIpc) is 2.28. The maximum atomic E-state index is 11.0. The lowest BCUT2D eigenvalue weighted by molar-refractivity contribution is -0.135. The van der Waals surface area contributed by atoms with Crippen LogP contribution in [0.3, 0.4) is 0 Å². The first-order valence-electron chi connectivity index (χ1n) is 4.94. The van der Waals surface area contributed by atoms with Crippen LogP contribution in [0.25, 0.3) is 6.08 Å². The van der Waals surface area contributed by atoms with Crippen LogP contribution in [-0.4, -0.2) is 24.0 Å². The highest BCUT2D eigenvalue weighted by Crippen LogP contribution is 2.18. The monoisotopic (exact) mass is 235 g/mol. The van der Waals surface area contributed by atoms with E-state index in [0.717, 1.165) is 5.56 Å². The fourth-order valence-corrected chi connectivity index (χ4v) is 1.15. The highest BCUT2D eigenvalue weighted by atomic mass is 16.5. The van der Waals surface area contributed by atoms with Crippen molar-refractivity contribution in [1.29, 1.82) is 0 Å². The molecule has 0 fully saturated rings. The van der Waals surface area contributed by atoms with E-state index >= 15 is 0 Å². The van der Waals surface area contributed by atoms with Gasteiger partial charge in [0.05, 0.1) is 7.11 Å². The summed E-state index contributed by atoms with van der Waals surface area (Å²) in [6, 6.07) is 1.75. The Morgan fingerprint density at radius 1 is 1.41 bits per heavy atom. The fourth-order valence-electron chi connectivity index (χ4n) is 1.15. The molecule has 0 aliphatic heterocycles. The van der Waals surface area contributed by atoms with Crippen molar-refractivity contribution in [3.8, 4) is 5.88 Å². The summed E-state index contributed by atoms with van der Waals surface area (Å²) < 4.78 is 9.38. The maximum Gasteiger partial charge on any atom is 0.330 e. The molecule has 0 N–H and O–H groups in total. The van der Waals surface area contributed by atoms with Crippen LogP contribution in [0.15, 0.2) is 18.3 Å². The second-order valence-corrected chi connectivity index (χ2v) is 3.36. The molecule has 0 atom stereocenters. The van der Waals surface area contributed by atoms with Gasteiger partial charge in [-0.1, -0.05) is 0 Å². The van der Waals surface area contributed by atoms with Gasteiger partial charge >= 0.3 is 11.9 Å². The quantitative estimate of drug-likeness (QED) is 0.586. The largest absolute Gasteiger partial charge is 0.466 e. The molecule has 5 heteroatoms. The van der Waals surface area contributed by atoms with E-state index in [9.17, 15) is 9.59 Å². The number of methoxy groups -OCH3 is 1. The lowest BCUT2D eigenvalue weighted by Gasteiger charge is -2.04. The SMILES string of the molecule is COC(=O)C=Cc1cc(C)cnc1OC(C)=O. The van der Waals surface area contributed by atoms with Crippen molar-refractivity contribution < 1.29 is 19.1 Å². The standard InChI is InChI=1S/C12H13NO4/c1-8-6-10(4-5-11(15)16-3)12(13-7-8)17-9(2)14/h4-7H,1-3H3. The van der Waals surface area contributed by atoms with Crippen molar-refractivity contribution in [2.45, 2.75) is 13.8 Å². The highest BCUT2D eigenvalue weighted by Gasteiger charge is 2.06. The Kier molecular flexibility index (Phi) is 4.39. The molecule has 0 saturated heterocycles. The van der Waals surface area contributed by atoms with Gasteiger partial charge in [-0.05, 0) is 24.6 Å². The molecule has 0 saturated carbocycles. The van der Waals surface area contributed by atoms with Gasteiger partial charge in [0.1, 0.15) is 0 Å². The molecule has 0 amide bonds. The highest BCUT2D eigenvalue weighted by molar-refractivity contribution is 5.87. The number of aromatic nitrogens is 1. The summed E-state index contributed by atoms with van der Waals surface area (Å²) in [5, 5.41) is 0. The van der Waals surface area contributed by atoms with Crippen LogP contribution >= 0.6 is 0 Å². The lowest BCUT2D eigenvalue weighted by atomic mass is 10.2. The van der Waals surface area contributed by atoms with Crippen molar-refractivity contribution in [1.82, 2.24) is 4.98 Å². The van der Waals surface area contributed by atoms with Crippen molar-refractivity contribution in [2.75, 3.05) is 7.11 Å². The second kappa shape index (κ2) is 5.79. The normalized spacial score (nSPS) is 10.3. The molecule has 1 aromatic rings. The molecule has 0 aliphatic carbocycles. The summed E-state index contributed by atoms with van der Waals surface area (Å²) in [6.45, 7) is 3.13. The summed E-state index contributed by atoms with van der Waals surface area (Å²) in [5.74, 6) is -0.780. The van der Waals surface area contributed by atoms with Crippen LogP contribution in [-0.2, 0) is 14.3 Å². The predicted molar refractivity (Wildman–Crippen MR) is 61.3 cm³/mol. The molecule has 0 unspecified atom stereocenters. The molecule has 1 heterocycles. The van der Waals surface area contributed by atoms with Gasteiger partial charge in [-0.2, -0.15) is 0 Å². The smallest absolute Gasteiger partial charge is 0.330 e. The first-order chi connectivity index (χ1) is 8.02. The van der Waals surface area contributed by atoms with E-state index in [1.54, 1.807) is 12.3 Å². The molecule has 90 valence electrons. The molecule has 5 nitrogen and oxygen atoms in total. The second-order valence-electron chi connectivity index (χ2n) is 3.36. The predicted octanol–water partition coefficient (Wildman–Crippen LogP) is 1.50. The zero-order valence-electron chi connectivity index (χ0n) is 9.89. The molecule has 1 rings (SSSR count). The fraction of sp³-hybridized carbons (Fsp3) is 0.250. The van der Waals surface area contributed by atoms with Gasteiger partial charge in [0, 0.05) is 24.8 Å². The molecule has 0 aromatic carbocycles. The van der Waals surface area contributed by atoms with Crippen molar-refractivity contribution in [3.63, 3.8) is 0 Å². The van der Waals surface area contributed by atoms with Gasteiger partial charge in [-0.3, -0.25) is 4.79 Å². The first kappa shape index (κ1) is 12.9. The number of esters is 2. The van der Waals surface area contributed by atoms with Crippen LogP contribution in [0, 0.1) is 6.92 Å². The summed E-state index contributed by atoms with van der Waals surface area (Å²) >= 11 is 0. The van der Waals surface area contributed by atoms with Crippen molar-refractivity contribution in [3.05, 3.63) is 29.5 Å². The number of aryl methyl sites for hydroxylation is 1. The van der Waals surface area contributed by atoms with Gasteiger partial charge in [0.25, 0.3) is 0 Å². The Hall–Kier alpha value is -2.17. The van der Waals surface area contributed by atoms with Crippen molar-refractivity contribution >= 4 is 18.0 Å². The van der Waals surface area contributed by atoms with E-state index in [4.69, 9.17) is 4.74 Å². The van der Waals surface area contributed by atoms with Gasteiger partial charge in [0.15, 0.2) is 0 Å². The topological polar surface area (TPSA) is 65.5 Å². The van der Waals surface area contributed by atoms with E-state index < -0.39 is 11.9 Å². The number of carbonyl (C=O) groups excluding carboxylic acids is 2. The minimum Gasteiger partial charge on any atom is -0.466 e. The number of carbonyl (C=O) groups is 2. The third kappa shape index (κ3) is 4.06. The van der Waals surface area contributed by atoms with Crippen LogP contribution in [0.4, 0.5) is 0 Å². The maximum absolute atomic E-state index is 11.0. The number of ether oxygens (including phenoxy) is 2. The van der Waals surface area contributed by atoms with Gasteiger partial charge in [-0.15, -0.1) is 0 Å². The zero-order chi connectivity index (χ0) is 12.8. The molecular weight excluding hydrogens is 222 g/mol. The Balaban J connectivity index is 3.02. The number of pyridine rings is 1. The number of nitrogens with zero attached hydrogens (tertiary/aromatic N) is 1. The lowest BCUT2D eigenvalue weighted by Crippen LogP contribution is -2.05. The molecular formula is C12H13NO4. The van der Waals surface area contributed by atoms with E-state index in [2.05, 4.69) is 9.72 Å². The molecule has 1 aromatic heterocycles. The van der Waals surface area contributed by atoms with Gasteiger partial charge < -0.3 is 9.47 Å². The molecule has 0 aliphatic rings. The van der Waals surface area contributed by atoms with E-state index in [0.29, 0.717) is 5.56 Å². The zero-order valence-corrected chi connectivity index (χ0v) is 9.89. The minimum atomic E-state index is -0.486. The van der Waals surface area contributed by atoms with Gasteiger partial charge in [-0.25, -0.2) is 9.78 Å². The van der Waals surface area contributed by atoms with Crippen LogP contribution < -0.4 is 4.74 Å². The van der Waals surface area contributed by atoms with Crippen molar-refractivity contribution in [2.24, 2.45) is 0 Å². The van der Waals surface area contributed by atoms with Crippen LogP contribution in [0.5, 0.6) is 5.88 Å². The number of hydrogen-bond donors (Lipinski definition) is 0. The summed E-state index contributed by atoms with van der Waals surface area (Å²) in [4.78, 5) is 25.8. The summed E-state index contributed by atoms with van der Waals surface area (Å²) in [7, 11) is 1.29. The third-order valence-corrected chi connectivity index (χ3v) is 1.86. The Morgan fingerprint density at radius 2 is 2.12 bits per heavy atom. The van der Waals surface area contributed by atoms with Crippen LogP contribution in [0.1, 0.15) is 18.1 Å². The molecule has 0 radical (unpaired) electrons. The first-order valence-corrected chi connectivity index (χ1v) is 4.94. The third-order valence-electron chi connectivity index (χ3n) is 1.86. The molecule has 0 bridgehead atoms. The number of rotatable bonds is 3.